The molecule has 0 saturated heterocycles. The molecule has 4 nitrogen and oxygen atoms in total. The van der Waals surface area contributed by atoms with Crippen LogP contribution in [-0.4, -0.2) is 22.7 Å². The van der Waals surface area contributed by atoms with Crippen molar-refractivity contribution in [3.63, 3.8) is 0 Å². The van der Waals surface area contributed by atoms with Gasteiger partial charge in [-0.25, -0.2) is 13.2 Å². The third-order valence-electron chi connectivity index (χ3n) is 2.69. The maximum Gasteiger partial charge on any atom is 0.323 e. The lowest BCUT2D eigenvalue weighted by Gasteiger charge is -2.24. The lowest BCUT2D eigenvalue weighted by Crippen LogP contribution is -2.47. The minimum absolute atomic E-state index is 0.415. The van der Waals surface area contributed by atoms with E-state index in [2.05, 4.69) is 4.74 Å². The van der Waals surface area contributed by atoms with E-state index in [1.807, 2.05) is 0 Å². The van der Waals surface area contributed by atoms with E-state index in [0.717, 1.165) is 6.92 Å². The zero-order valence-corrected chi connectivity index (χ0v) is 11.0. The largest absolute Gasteiger partial charge is 0.484 e. The maximum atomic E-state index is 13.4. The summed E-state index contributed by atoms with van der Waals surface area (Å²) in [5.74, 6) is -13.7. The quantitative estimate of drug-likeness (QED) is 0.497. The zero-order valence-electron chi connectivity index (χ0n) is 11.0. The van der Waals surface area contributed by atoms with Crippen LogP contribution in [0, 0.1) is 29.1 Å². The van der Waals surface area contributed by atoms with Gasteiger partial charge < -0.3 is 15.6 Å². The molecule has 118 valence electrons. The first kappa shape index (κ1) is 17.2. The highest BCUT2D eigenvalue weighted by Crippen LogP contribution is 2.30. The summed E-state index contributed by atoms with van der Waals surface area (Å²) in [7, 11) is 0. The standard InChI is InChI=1S/C12H12F5NO3/c1-4(3-12(2,18)11(19)20)21-10-8(16)6(14)5(13)7(15)9(10)17/h4H,3,18H2,1-2H3,(H,19,20). The molecule has 0 aliphatic heterocycles. The van der Waals surface area contributed by atoms with Gasteiger partial charge in [0.15, 0.2) is 5.75 Å². The van der Waals surface area contributed by atoms with Crippen LogP contribution in [-0.2, 0) is 4.79 Å². The summed E-state index contributed by atoms with van der Waals surface area (Å²) in [6, 6.07) is 0. The van der Waals surface area contributed by atoms with Crippen LogP contribution in [0.15, 0.2) is 0 Å². The molecule has 2 atom stereocenters. The van der Waals surface area contributed by atoms with Gasteiger partial charge in [-0.05, 0) is 13.8 Å². The highest BCUT2D eigenvalue weighted by molar-refractivity contribution is 5.77. The SMILES string of the molecule is CC(CC(C)(N)C(=O)O)Oc1c(F)c(F)c(F)c(F)c1F. The Kier molecular flexibility index (Phi) is 4.77. The highest BCUT2D eigenvalue weighted by atomic mass is 19.2. The maximum absolute atomic E-state index is 13.4. The van der Waals surface area contributed by atoms with Crippen molar-refractivity contribution in [1.29, 1.82) is 0 Å². The Morgan fingerprint density at radius 3 is 1.90 bits per heavy atom. The van der Waals surface area contributed by atoms with Gasteiger partial charge in [-0.3, -0.25) is 4.79 Å². The Hall–Kier alpha value is -1.90. The smallest absolute Gasteiger partial charge is 0.323 e. The van der Waals surface area contributed by atoms with Gasteiger partial charge >= 0.3 is 5.97 Å². The lowest BCUT2D eigenvalue weighted by molar-refractivity contribution is -0.143. The molecule has 2 unspecified atom stereocenters. The molecule has 1 aromatic rings. The molecule has 0 bridgehead atoms. The summed E-state index contributed by atoms with van der Waals surface area (Å²) in [4.78, 5) is 10.8. The van der Waals surface area contributed by atoms with Gasteiger partial charge in [-0.1, -0.05) is 0 Å². The normalized spacial score (nSPS) is 15.4. The summed E-state index contributed by atoms with van der Waals surface area (Å²) >= 11 is 0. The molecule has 21 heavy (non-hydrogen) atoms. The van der Waals surface area contributed by atoms with E-state index in [9.17, 15) is 26.7 Å². The fourth-order valence-corrected chi connectivity index (χ4v) is 1.62. The summed E-state index contributed by atoms with van der Waals surface area (Å²) < 4.78 is 70.1. The topological polar surface area (TPSA) is 72.6 Å². The van der Waals surface area contributed by atoms with Crippen LogP contribution in [0.5, 0.6) is 5.75 Å². The molecular formula is C12H12F5NO3. The first-order valence-electron chi connectivity index (χ1n) is 5.69. The van der Waals surface area contributed by atoms with E-state index in [1.165, 1.54) is 6.92 Å². The van der Waals surface area contributed by atoms with Gasteiger partial charge in [0.1, 0.15) is 5.54 Å². The van der Waals surface area contributed by atoms with Crippen LogP contribution >= 0.6 is 0 Å². The minimum Gasteiger partial charge on any atom is -0.484 e. The molecule has 0 aliphatic rings. The second-order valence-corrected chi connectivity index (χ2v) is 4.75. The molecule has 0 saturated carbocycles. The summed E-state index contributed by atoms with van der Waals surface area (Å²) in [6.07, 6.45) is -1.62. The van der Waals surface area contributed by atoms with Crippen molar-refractivity contribution >= 4 is 5.97 Å². The third-order valence-corrected chi connectivity index (χ3v) is 2.69. The average molecular weight is 313 g/mol. The van der Waals surface area contributed by atoms with E-state index < -0.39 is 58.9 Å². The molecule has 0 aliphatic carbocycles. The highest BCUT2D eigenvalue weighted by Gasteiger charge is 2.33. The number of rotatable bonds is 5. The molecule has 0 radical (unpaired) electrons. The van der Waals surface area contributed by atoms with E-state index in [4.69, 9.17) is 10.8 Å². The number of hydrogen-bond donors (Lipinski definition) is 2. The first-order chi connectivity index (χ1) is 9.49. The van der Waals surface area contributed by atoms with Crippen molar-refractivity contribution in [1.82, 2.24) is 0 Å². The molecule has 9 heteroatoms. The first-order valence-corrected chi connectivity index (χ1v) is 5.69. The predicted octanol–water partition coefficient (Wildman–Crippen LogP) is 2.34. The van der Waals surface area contributed by atoms with Crippen molar-refractivity contribution < 1.29 is 36.6 Å². The molecule has 0 amide bonds. The Morgan fingerprint density at radius 2 is 1.52 bits per heavy atom. The van der Waals surface area contributed by atoms with E-state index in [1.54, 1.807) is 0 Å². The number of halogens is 5. The number of carbonyl (C=O) groups is 1. The van der Waals surface area contributed by atoms with Gasteiger partial charge in [0.25, 0.3) is 0 Å². The van der Waals surface area contributed by atoms with Crippen molar-refractivity contribution in [2.24, 2.45) is 5.73 Å². The van der Waals surface area contributed by atoms with E-state index in [0.29, 0.717) is 0 Å². The summed E-state index contributed by atoms with van der Waals surface area (Å²) in [5, 5.41) is 8.79. The van der Waals surface area contributed by atoms with Crippen molar-refractivity contribution in [3.05, 3.63) is 29.1 Å². The number of hydrogen-bond acceptors (Lipinski definition) is 3. The fraction of sp³-hybridized carbons (Fsp3) is 0.417. The second kappa shape index (κ2) is 5.84. The molecule has 0 aromatic heterocycles. The van der Waals surface area contributed by atoms with Gasteiger partial charge in [-0.15, -0.1) is 0 Å². The van der Waals surface area contributed by atoms with Crippen molar-refractivity contribution in [2.75, 3.05) is 0 Å². The zero-order chi connectivity index (χ0) is 16.5. The number of benzene rings is 1. The molecule has 0 heterocycles. The van der Waals surface area contributed by atoms with Crippen LogP contribution in [0.25, 0.3) is 0 Å². The van der Waals surface area contributed by atoms with E-state index in [-0.39, 0.29) is 0 Å². The Balaban J connectivity index is 3.07. The molecule has 1 aromatic carbocycles. The number of carboxylic acid groups (broad SMARTS) is 1. The van der Waals surface area contributed by atoms with Crippen molar-refractivity contribution in [3.8, 4) is 5.75 Å². The van der Waals surface area contributed by atoms with Crippen molar-refractivity contribution in [2.45, 2.75) is 31.9 Å². The molecule has 3 N–H and O–H groups in total. The fourth-order valence-electron chi connectivity index (χ4n) is 1.62. The molecule has 1 rings (SSSR count). The van der Waals surface area contributed by atoms with Crippen LogP contribution in [0.4, 0.5) is 22.0 Å². The number of ether oxygens (including phenoxy) is 1. The number of nitrogens with two attached hydrogens (primary N) is 1. The molecular weight excluding hydrogens is 301 g/mol. The van der Waals surface area contributed by atoms with Gasteiger partial charge in [0.05, 0.1) is 6.10 Å². The lowest BCUT2D eigenvalue weighted by atomic mass is 9.96. The minimum atomic E-state index is -2.31. The van der Waals surface area contributed by atoms with Crippen LogP contribution in [0.1, 0.15) is 20.3 Å². The van der Waals surface area contributed by atoms with E-state index >= 15 is 0 Å². The van der Waals surface area contributed by atoms with Crippen LogP contribution in [0.2, 0.25) is 0 Å². The monoisotopic (exact) mass is 313 g/mol. The summed E-state index contributed by atoms with van der Waals surface area (Å²) in [6.45, 7) is 2.31. The second-order valence-electron chi connectivity index (χ2n) is 4.75. The van der Waals surface area contributed by atoms with Crippen LogP contribution < -0.4 is 10.5 Å². The predicted molar refractivity (Wildman–Crippen MR) is 61.2 cm³/mol. The Morgan fingerprint density at radius 1 is 1.14 bits per heavy atom. The number of carboxylic acids is 1. The number of aliphatic carboxylic acids is 1. The van der Waals surface area contributed by atoms with Gasteiger partial charge in [0.2, 0.25) is 29.1 Å². The molecule has 0 spiro atoms. The Bertz CT molecular complexity index is 547. The summed E-state index contributed by atoms with van der Waals surface area (Å²) in [5.41, 5.74) is 3.61. The van der Waals surface area contributed by atoms with Crippen LogP contribution in [0.3, 0.4) is 0 Å². The average Bonchev–Trinajstić information content (AvgIpc) is 2.38. The molecule has 0 fully saturated rings. The third kappa shape index (κ3) is 3.41. The van der Waals surface area contributed by atoms with Gasteiger partial charge in [-0.2, -0.15) is 8.78 Å². The van der Waals surface area contributed by atoms with Gasteiger partial charge in [0, 0.05) is 6.42 Å². The Labute approximate surface area is 116 Å².